The lowest BCUT2D eigenvalue weighted by Crippen LogP contribution is -2.18. The Morgan fingerprint density at radius 2 is 1.50 bits per heavy atom. The lowest BCUT2D eigenvalue weighted by atomic mass is 10.2. The fourth-order valence-electron chi connectivity index (χ4n) is 1.90. The quantitative estimate of drug-likeness (QED) is 0.149. The highest BCUT2D eigenvalue weighted by molar-refractivity contribution is 8.76. The molecule has 0 aromatic heterocycles. The number of phosphoric acid groups is 1. The number of hydrogen-bond donors (Lipinski definition) is 2. The molecule has 2 atom stereocenters. The number of hydrogen-bond acceptors (Lipinski definition) is 8. The normalized spacial score (nSPS) is 16.6. The molecule has 8 nitrogen and oxygen atoms in total. The molecule has 0 saturated heterocycles. The Labute approximate surface area is 177 Å². The molecule has 0 spiro atoms. The van der Waals surface area contributed by atoms with E-state index in [2.05, 4.69) is 6.92 Å². The molecule has 0 heterocycles. The molecular weight excluding hydrogens is 446 g/mol. The molecule has 0 saturated carbocycles. The molecular formula is C16H36O8P2S2. The Bertz CT molecular complexity index is 488. The summed E-state index contributed by atoms with van der Waals surface area (Å²) in [6.45, 7) is 7.35. The Hall–Kier alpha value is 0.920. The first-order chi connectivity index (χ1) is 13.0. The second kappa shape index (κ2) is 15.7. The van der Waals surface area contributed by atoms with Gasteiger partial charge in [0.1, 0.15) is 6.35 Å². The van der Waals surface area contributed by atoms with Crippen LogP contribution in [0.2, 0.25) is 0 Å². The Balaban J connectivity index is 3.64. The van der Waals surface area contributed by atoms with Gasteiger partial charge in [-0.25, -0.2) is 4.57 Å². The maximum Gasteiger partial charge on any atom is 0.472 e. The van der Waals surface area contributed by atoms with E-state index in [1.165, 1.54) is 0 Å². The van der Waals surface area contributed by atoms with Crippen LogP contribution in [-0.2, 0) is 27.4 Å². The summed E-state index contributed by atoms with van der Waals surface area (Å²) in [5, 5.41) is 0. The third-order valence-corrected chi connectivity index (χ3v) is 7.89. The summed E-state index contributed by atoms with van der Waals surface area (Å²) in [6.07, 6.45) is 3.80. The lowest BCUT2D eigenvalue weighted by Gasteiger charge is -2.22. The van der Waals surface area contributed by atoms with Crippen molar-refractivity contribution in [2.75, 3.05) is 37.7 Å². The Kier molecular flexibility index (Phi) is 16.2. The van der Waals surface area contributed by atoms with E-state index in [0.29, 0.717) is 0 Å². The van der Waals surface area contributed by atoms with Crippen molar-refractivity contribution in [2.45, 2.75) is 65.4 Å². The van der Waals surface area contributed by atoms with Crippen LogP contribution in [0.1, 0.15) is 59.8 Å². The first-order valence-electron chi connectivity index (χ1n) is 9.44. The predicted molar refractivity (Wildman–Crippen MR) is 117 cm³/mol. The molecule has 28 heavy (non-hydrogen) atoms. The van der Waals surface area contributed by atoms with Gasteiger partial charge in [-0.05, 0) is 40.0 Å². The minimum Gasteiger partial charge on any atom is -0.369 e. The van der Waals surface area contributed by atoms with E-state index >= 15 is 0 Å². The summed E-state index contributed by atoms with van der Waals surface area (Å²) in [6, 6.07) is 0. The molecule has 0 fully saturated rings. The zero-order valence-electron chi connectivity index (χ0n) is 17.3. The van der Waals surface area contributed by atoms with E-state index in [9.17, 15) is 18.9 Å². The van der Waals surface area contributed by atoms with Crippen LogP contribution >= 0.6 is 37.0 Å². The van der Waals surface area contributed by atoms with Gasteiger partial charge in [0.2, 0.25) is 0 Å². The van der Waals surface area contributed by atoms with Crippen LogP contribution in [0.25, 0.3) is 0 Å². The van der Waals surface area contributed by atoms with Gasteiger partial charge >= 0.3 is 15.4 Å². The summed E-state index contributed by atoms with van der Waals surface area (Å²) in [7, 11) is -4.14. The first-order valence-corrected chi connectivity index (χ1v) is 15.2. The summed E-state index contributed by atoms with van der Waals surface area (Å²) >= 11 is 0. The van der Waals surface area contributed by atoms with Crippen molar-refractivity contribution >= 4 is 37.0 Å². The second-order valence-corrected chi connectivity index (χ2v) is 13.1. The number of phosphoric ester groups is 1. The van der Waals surface area contributed by atoms with Crippen molar-refractivity contribution in [3.63, 3.8) is 0 Å². The highest BCUT2D eigenvalue weighted by Gasteiger charge is 2.28. The van der Waals surface area contributed by atoms with Gasteiger partial charge in [-0.2, -0.15) is 0 Å². The third kappa shape index (κ3) is 20.2. The molecule has 2 unspecified atom stereocenters. The number of unbranched alkanes of at least 4 members (excludes halogenated alkanes) is 3. The van der Waals surface area contributed by atoms with E-state index in [0.717, 1.165) is 37.2 Å². The van der Waals surface area contributed by atoms with Crippen molar-refractivity contribution in [3.8, 4) is 0 Å². The van der Waals surface area contributed by atoms with E-state index in [1.54, 1.807) is 20.8 Å². The fourth-order valence-corrected chi connectivity index (χ4v) is 5.66. The van der Waals surface area contributed by atoms with E-state index < -0.39 is 27.4 Å². The van der Waals surface area contributed by atoms with Gasteiger partial charge in [0, 0.05) is 18.1 Å². The van der Waals surface area contributed by atoms with Gasteiger partial charge in [0.05, 0.1) is 18.8 Å². The molecule has 0 aromatic carbocycles. The monoisotopic (exact) mass is 482 g/mol. The van der Waals surface area contributed by atoms with Crippen molar-refractivity contribution in [3.05, 3.63) is 0 Å². The second-order valence-electron chi connectivity index (χ2n) is 7.01. The summed E-state index contributed by atoms with van der Waals surface area (Å²) in [5.74, 6) is 2.25. The molecule has 2 N–H and O–H groups in total. The molecule has 12 heteroatoms. The molecule has 0 aromatic rings. The van der Waals surface area contributed by atoms with Crippen LogP contribution in [-0.4, -0.2) is 53.1 Å². The van der Waals surface area contributed by atoms with Crippen molar-refractivity contribution in [1.82, 2.24) is 0 Å². The fraction of sp³-hybridized carbons (Fsp3) is 1.00. The van der Waals surface area contributed by atoms with Crippen LogP contribution in [0.5, 0.6) is 0 Å². The number of rotatable bonds is 18. The van der Waals surface area contributed by atoms with Gasteiger partial charge in [0.15, 0.2) is 0 Å². The van der Waals surface area contributed by atoms with Crippen LogP contribution in [0.15, 0.2) is 0 Å². The summed E-state index contributed by atoms with van der Waals surface area (Å²) in [5.41, 5.74) is -0.797. The van der Waals surface area contributed by atoms with Crippen LogP contribution < -0.4 is 0 Å². The molecule has 0 aliphatic carbocycles. The van der Waals surface area contributed by atoms with Crippen LogP contribution in [0, 0.1) is 0 Å². The third-order valence-electron chi connectivity index (χ3n) is 2.95. The van der Waals surface area contributed by atoms with Crippen LogP contribution in [0.4, 0.5) is 0 Å². The molecule has 0 aliphatic rings. The molecule has 0 radical (unpaired) electrons. The number of ether oxygens (including phenoxy) is 1. The van der Waals surface area contributed by atoms with Gasteiger partial charge < -0.3 is 19.0 Å². The minimum atomic E-state index is -4.11. The molecule has 0 amide bonds. The van der Waals surface area contributed by atoms with Gasteiger partial charge in [-0.1, -0.05) is 41.4 Å². The topological polar surface area (TPSA) is 112 Å². The maximum atomic E-state index is 11.8. The molecule has 0 bridgehead atoms. The standard InChI is InChI=1S/C16H36O8P2S2/c1-5-27-28-14-9-7-6-8-12-22-25(17,18)15-21-11-10-13-23-26(19,20)24-16(2,3)4/h5-15H2,1-4H3,(H,17,18)(H,19,20). The highest BCUT2D eigenvalue weighted by Crippen LogP contribution is 2.47. The van der Waals surface area contributed by atoms with Crippen LogP contribution in [0.3, 0.4) is 0 Å². The van der Waals surface area contributed by atoms with E-state index in [-0.39, 0.29) is 26.2 Å². The zero-order chi connectivity index (χ0) is 21.5. The molecule has 170 valence electrons. The smallest absolute Gasteiger partial charge is 0.369 e. The van der Waals surface area contributed by atoms with Gasteiger partial charge in [0.25, 0.3) is 0 Å². The lowest BCUT2D eigenvalue weighted by molar-refractivity contribution is 0.0562. The summed E-state index contributed by atoms with van der Waals surface area (Å²) < 4.78 is 43.4. The van der Waals surface area contributed by atoms with Crippen molar-refractivity contribution < 1.29 is 37.2 Å². The molecule has 0 aliphatic heterocycles. The largest absolute Gasteiger partial charge is 0.472 e. The summed E-state index contributed by atoms with van der Waals surface area (Å²) in [4.78, 5) is 19.2. The predicted octanol–water partition coefficient (Wildman–Crippen LogP) is 5.45. The first kappa shape index (κ1) is 28.9. The SMILES string of the molecule is CCSSCCCCCCOP(=O)(O)COCCCOP(=O)(O)OC(C)(C)C. The van der Waals surface area contributed by atoms with Gasteiger partial charge in [-0.3, -0.25) is 13.6 Å². The zero-order valence-corrected chi connectivity index (χ0v) is 20.8. The van der Waals surface area contributed by atoms with E-state index in [4.69, 9.17) is 18.3 Å². The maximum absolute atomic E-state index is 11.8. The van der Waals surface area contributed by atoms with Crippen molar-refractivity contribution in [1.29, 1.82) is 0 Å². The highest BCUT2D eigenvalue weighted by atomic mass is 33.1. The Morgan fingerprint density at radius 3 is 2.14 bits per heavy atom. The van der Waals surface area contributed by atoms with Gasteiger partial charge in [-0.15, -0.1) is 0 Å². The minimum absolute atomic E-state index is 0.0600. The average Bonchev–Trinajstić information content (AvgIpc) is 2.54. The molecule has 0 rings (SSSR count). The van der Waals surface area contributed by atoms with E-state index in [1.807, 2.05) is 21.6 Å². The van der Waals surface area contributed by atoms with Crippen molar-refractivity contribution in [2.24, 2.45) is 0 Å². The Morgan fingerprint density at radius 1 is 0.857 bits per heavy atom. The average molecular weight is 483 g/mol.